The van der Waals surface area contributed by atoms with Crippen LogP contribution in [0.1, 0.15) is 0 Å². The van der Waals surface area contributed by atoms with Gasteiger partial charge in [0, 0.05) is 0 Å². The minimum Gasteiger partial charge on any atom is -0.394 e. The van der Waals surface area contributed by atoms with Gasteiger partial charge in [-0.2, -0.15) is 10.2 Å². The minimum absolute atomic E-state index is 0.0303. The van der Waals surface area contributed by atoms with Gasteiger partial charge in [-0.1, -0.05) is 36.4 Å². The summed E-state index contributed by atoms with van der Waals surface area (Å²) in [4.78, 5) is 0. The number of aliphatic hydroxyl groups excluding tert-OH is 4. The van der Waals surface area contributed by atoms with Crippen LogP contribution < -0.4 is 10.9 Å². The molecule has 0 aliphatic heterocycles. The van der Waals surface area contributed by atoms with E-state index in [0.717, 1.165) is 5.69 Å². The summed E-state index contributed by atoms with van der Waals surface area (Å²) in [6, 6.07) is 18.1. The highest BCUT2D eigenvalue weighted by molar-refractivity contribution is 6.33. The largest absolute Gasteiger partial charge is 0.394 e. The van der Waals surface area contributed by atoms with Crippen molar-refractivity contribution in [2.24, 2.45) is 10.2 Å². The third-order valence-electron chi connectivity index (χ3n) is 3.46. The standard InChI is InChI=1S/C18H22N4O4/c23-12-16(24)18(26)17(25)15(22-21-14-9-5-2-6-10-14)11-19-20-13-7-3-1-4-8-13/h1-11,16-18,20-21,23-26H,12H2/t16-,17+,18+/m0/s1. The molecule has 0 unspecified atom stereocenters. The third kappa shape index (κ3) is 5.94. The first-order chi connectivity index (χ1) is 12.6. The van der Waals surface area contributed by atoms with Gasteiger partial charge in [-0.3, -0.25) is 10.9 Å². The lowest BCUT2D eigenvalue weighted by Gasteiger charge is -2.21. The summed E-state index contributed by atoms with van der Waals surface area (Å²) in [6.45, 7) is -0.697. The number of hydrogen-bond acceptors (Lipinski definition) is 8. The van der Waals surface area contributed by atoms with Crippen LogP contribution in [-0.2, 0) is 0 Å². The molecule has 3 atom stereocenters. The number of nitrogens with zero attached hydrogens (tertiary/aromatic N) is 2. The average Bonchev–Trinajstić information content (AvgIpc) is 2.70. The lowest BCUT2D eigenvalue weighted by Crippen LogP contribution is -2.44. The molecule has 0 aliphatic carbocycles. The number of para-hydroxylation sites is 2. The minimum atomic E-state index is -1.63. The fourth-order valence-corrected chi connectivity index (χ4v) is 1.99. The van der Waals surface area contributed by atoms with Gasteiger partial charge in [0.1, 0.15) is 24.0 Å². The van der Waals surface area contributed by atoms with Crippen LogP contribution in [0.5, 0.6) is 0 Å². The van der Waals surface area contributed by atoms with E-state index in [1.807, 2.05) is 36.4 Å². The second-order valence-corrected chi connectivity index (χ2v) is 5.44. The van der Waals surface area contributed by atoms with Crippen molar-refractivity contribution < 1.29 is 20.4 Å². The molecule has 0 radical (unpaired) electrons. The second-order valence-electron chi connectivity index (χ2n) is 5.44. The summed E-state index contributed by atoms with van der Waals surface area (Å²) in [6.07, 6.45) is -3.47. The first-order valence-electron chi connectivity index (χ1n) is 7.99. The first-order valence-corrected chi connectivity index (χ1v) is 7.99. The molecule has 0 spiro atoms. The zero-order valence-electron chi connectivity index (χ0n) is 14.0. The van der Waals surface area contributed by atoms with Gasteiger partial charge in [0.25, 0.3) is 0 Å². The smallest absolute Gasteiger partial charge is 0.128 e. The third-order valence-corrected chi connectivity index (χ3v) is 3.46. The van der Waals surface area contributed by atoms with Crippen LogP contribution in [0.25, 0.3) is 0 Å². The highest BCUT2D eigenvalue weighted by atomic mass is 16.4. The number of aliphatic hydroxyl groups is 4. The van der Waals surface area contributed by atoms with Gasteiger partial charge in [-0.25, -0.2) is 0 Å². The number of anilines is 2. The van der Waals surface area contributed by atoms with Gasteiger partial charge in [-0.15, -0.1) is 0 Å². The molecule has 0 amide bonds. The molecule has 26 heavy (non-hydrogen) atoms. The summed E-state index contributed by atoms with van der Waals surface area (Å²) in [7, 11) is 0. The Morgan fingerprint density at radius 1 is 0.885 bits per heavy atom. The fraction of sp³-hybridized carbons (Fsp3) is 0.222. The molecule has 2 aromatic rings. The molecule has 6 N–H and O–H groups in total. The van der Waals surface area contributed by atoms with Crippen molar-refractivity contribution in [2.75, 3.05) is 17.5 Å². The van der Waals surface area contributed by atoms with E-state index in [9.17, 15) is 15.3 Å². The van der Waals surface area contributed by atoms with Crippen molar-refractivity contribution in [3.05, 3.63) is 60.7 Å². The van der Waals surface area contributed by atoms with Crippen LogP contribution in [-0.4, -0.2) is 57.3 Å². The molecule has 8 heteroatoms. The first kappa shape index (κ1) is 19.5. The van der Waals surface area contributed by atoms with Gasteiger partial charge in [-0.05, 0) is 24.3 Å². The molecule has 0 saturated carbocycles. The van der Waals surface area contributed by atoms with E-state index in [0.29, 0.717) is 5.69 Å². The summed E-state index contributed by atoms with van der Waals surface area (Å²) in [5, 5.41) is 46.7. The summed E-state index contributed by atoms with van der Waals surface area (Å²) in [5.74, 6) is 0. The summed E-state index contributed by atoms with van der Waals surface area (Å²) in [5.41, 5.74) is 6.87. The molecule has 8 nitrogen and oxygen atoms in total. The summed E-state index contributed by atoms with van der Waals surface area (Å²) >= 11 is 0. The fourth-order valence-electron chi connectivity index (χ4n) is 1.99. The van der Waals surface area contributed by atoms with E-state index < -0.39 is 24.9 Å². The Morgan fingerprint density at radius 3 is 1.96 bits per heavy atom. The molecule has 0 saturated heterocycles. The van der Waals surface area contributed by atoms with Crippen LogP contribution in [0, 0.1) is 0 Å². The van der Waals surface area contributed by atoms with Gasteiger partial charge in [0.2, 0.25) is 0 Å². The Morgan fingerprint density at radius 2 is 1.42 bits per heavy atom. The Hall–Kier alpha value is -2.78. The maximum absolute atomic E-state index is 10.2. The lowest BCUT2D eigenvalue weighted by atomic mass is 10.0. The molecule has 0 bridgehead atoms. The Balaban J connectivity index is 2.14. The van der Waals surface area contributed by atoms with Crippen molar-refractivity contribution in [2.45, 2.75) is 18.3 Å². The van der Waals surface area contributed by atoms with Crippen molar-refractivity contribution in [3.63, 3.8) is 0 Å². The Kier molecular flexibility index (Phi) is 7.72. The van der Waals surface area contributed by atoms with Gasteiger partial charge < -0.3 is 20.4 Å². The Bertz CT molecular complexity index is 710. The molecule has 0 aliphatic rings. The lowest BCUT2D eigenvalue weighted by molar-refractivity contribution is -0.0548. The molecule has 2 rings (SSSR count). The van der Waals surface area contributed by atoms with Crippen molar-refractivity contribution in [1.29, 1.82) is 0 Å². The van der Waals surface area contributed by atoms with Crippen molar-refractivity contribution in [3.8, 4) is 0 Å². The maximum Gasteiger partial charge on any atom is 0.128 e. The highest BCUT2D eigenvalue weighted by Crippen LogP contribution is 2.08. The van der Waals surface area contributed by atoms with Crippen LogP contribution >= 0.6 is 0 Å². The molecular formula is C18H22N4O4. The number of rotatable bonds is 9. The van der Waals surface area contributed by atoms with Crippen LogP contribution in [0.4, 0.5) is 11.4 Å². The van der Waals surface area contributed by atoms with E-state index in [2.05, 4.69) is 21.1 Å². The van der Waals surface area contributed by atoms with Gasteiger partial charge >= 0.3 is 0 Å². The van der Waals surface area contributed by atoms with Gasteiger partial charge in [0.15, 0.2) is 0 Å². The van der Waals surface area contributed by atoms with E-state index in [-0.39, 0.29) is 5.71 Å². The molecule has 138 valence electrons. The number of benzene rings is 2. The molecular weight excluding hydrogens is 336 g/mol. The highest BCUT2D eigenvalue weighted by Gasteiger charge is 2.27. The predicted molar refractivity (Wildman–Crippen MR) is 101 cm³/mol. The molecule has 0 heterocycles. The molecule has 0 fully saturated rings. The predicted octanol–water partition coefficient (Wildman–Crippen LogP) is 0.627. The maximum atomic E-state index is 10.2. The van der Waals surface area contributed by atoms with Crippen LogP contribution in [0.15, 0.2) is 70.9 Å². The molecule has 0 aromatic heterocycles. The van der Waals surface area contributed by atoms with E-state index >= 15 is 0 Å². The number of hydrazone groups is 2. The normalized spacial score (nSPS) is 15.5. The van der Waals surface area contributed by atoms with Gasteiger partial charge in [0.05, 0.1) is 24.2 Å². The van der Waals surface area contributed by atoms with Crippen LogP contribution in [0.3, 0.4) is 0 Å². The summed E-state index contributed by atoms with van der Waals surface area (Å²) < 4.78 is 0. The van der Waals surface area contributed by atoms with Crippen LogP contribution in [0.2, 0.25) is 0 Å². The van der Waals surface area contributed by atoms with Crippen molar-refractivity contribution >= 4 is 23.3 Å². The van der Waals surface area contributed by atoms with E-state index in [1.54, 1.807) is 24.3 Å². The topological polar surface area (TPSA) is 130 Å². The number of nitrogens with one attached hydrogen (secondary N) is 2. The second kappa shape index (κ2) is 10.3. The average molecular weight is 358 g/mol. The number of hydrogen-bond donors (Lipinski definition) is 6. The molecule has 2 aromatic carbocycles. The van der Waals surface area contributed by atoms with E-state index in [1.165, 1.54) is 6.21 Å². The zero-order chi connectivity index (χ0) is 18.8. The monoisotopic (exact) mass is 358 g/mol. The SMILES string of the molecule is OC[C@H](O)[C@@H](O)[C@H](O)C(C=NNc1ccccc1)=NNc1ccccc1. The quantitative estimate of drug-likeness (QED) is 0.288. The van der Waals surface area contributed by atoms with Crippen molar-refractivity contribution in [1.82, 2.24) is 0 Å². The Labute approximate surface area is 151 Å². The van der Waals surface area contributed by atoms with E-state index in [4.69, 9.17) is 5.11 Å². The zero-order valence-corrected chi connectivity index (χ0v) is 14.0.